The van der Waals surface area contributed by atoms with Crippen molar-refractivity contribution in [2.24, 2.45) is 17.1 Å². The molecule has 1 atom stereocenters. The summed E-state index contributed by atoms with van der Waals surface area (Å²) in [5.41, 5.74) is 7.44. The largest absolute Gasteiger partial charge is 0.365 e. The fourth-order valence-electron chi connectivity index (χ4n) is 4.05. The number of thiophene rings is 1. The monoisotopic (exact) mass is 474 g/mol. The van der Waals surface area contributed by atoms with E-state index in [9.17, 15) is 19.7 Å². The molecule has 2 aromatic rings. The van der Waals surface area contributed by atoms with E-state index in [-0.39, 0.29) is 27.3 Å². The van der Waals surface area contributed by atoms with Crippen LogP contribution in [0.4, 0.5) is 10.7 Å². The molecular weight excluding hydrogens is 448 g/mol. The molecule has 3 rings (SSSR count). The molecule has 0 radical (unpaired) electrons. The van der Waals surface area contributed by atoms with Crippen LogP contribution in [0.5, 0.6) is 0 Å². The van der Waals surface area contributed by atoms with Crippen molar-refractivity contribution in [1.82, 2.24) is 5.32 Å². The average Bonchev–Trinajstić information content (AvgIpc) is 3.03. The number of nitrogens with one attached hydrogen (secondary N) is 2. The Hall–Kier alpha value is -2.85. The highest BCUT2D eigenvalue weighted by molar-refractivity contribution is 7.80. The Morgan fingerprint density at radius 1 is 1.31 bits per heavy atom. The van der Waals surface area contributed by atoms with Gasteiger partial charge in [-0.1, -0.05) is 26.8 Å². The molecule has 1 unspecified atom stereocenters. The lowest BCUT2D eigenvalue weighted by molar-refractivity contribution is -0.385. The standard InChI is InChI=1S/C22H26N4O4S2/c1-11-13(6-5-7-15(11)26(29)30)19(28)24-21(31)25-20-17(18(23)27)14-9-8-12(22(2,3)4)10-16(14)32-20/h5-7,12H,8-10H2,1-4H3,(H2,23,27)(H2,24,25,28,31). The highest BCUT2D eigenvalue weighted by atomic mass is 32.1. The van der Waals surface area contributed by atoms with Gasteiger partial charge in [0.2, 0.25) is 0 Å². The molecule has 170 valence electrons. The van der Waals surface area contributed by atoms with Gasteiger partial charge >= 0.3 is 0 Å². The molecule has 1 aliphatic rings. The number of carbonyl (C=O) groups is 2. The Morgan fingerprint density at radius 3 is 2.59 bits per heavy atom. The fourth-order valence-corrected chi connectivity index (χ4v) is 5.64. The third-order valence-corrected chi connectivity index (χ3v) is 7.31. The van der Waals surface area contributed by atoms with Crippen LogP contribution in [0.1, 0.15) is 63.9 Å². The van der Waals surface area contributed by atoms with Crippen molar-refractivity contribution in [3.63, 3.8) is 0 Å². The van der Waals surface area contributed by atoms with Gasteiger partial charge in [0.15, 0.2) is 5.11 Å². The van der Waals surface area contributed by atoms with Crippen molar-refractivity contribution in [3.05, 3.63) is 55.4 Å². The van der Waals surface area contributed by atoms with Crippen molar-refractivity contribution in [1.29, 1.82) is 0 Å². The van der Waals surface area contributed by atoms with Crippen molar-refractivity contribution in [2.45, 2.75) is 47.0 Å². The third-order valence-electron chi connectivity index (χ3n) is 5.94. The molecule has 4 N–H and O–H groups in total. The molecule has 0 aliphatic heterocycles. The van der Waals surface area contributed by atoms with Crippen LogP contribution >= 0.6 is 23.6 Å². The summed E-state index contributed by atoms with van der Waals surface area (Å²) in [5, 5.41) is 17.1. The molecule has 2 amide bonds. The van der Waals surface area contributed by atoms with Crippen LogP contribution in [-0.4, -0.2) is 21.9 Å². The van der Waals surface area contributed by atoms with Gasteiger partial charge in [-0.05, 0) is 61.4 Å². The zero-order chi connectivity index (χ0) is 23.8. The van der Waals surface area contributed by atoms with E-state index in [2.05, 4.69) is 31.4 Å². The van der Waals surface area contributed by atoms with Crippen LogP contribution < -0.4 is 16.4 Å². The molecule has 1 aromatic heterocycles. The molecule has 32 heavy (non-hydrogen) atoms. The second kappa shape index (κ2) is 8.95. The minimum Gasteiger partial charge on any atom is -0.365 e. The fraction of sp³-hybridized carbons (Fsp3) is 0.409. The number of rotatable bonds is 4. The first-order valence-electron chi connectivity index (χ1n) is 10.2. The number of fused-ring (bicyclic) bond motifs is 1. The molecule has 8 nitrogen and oxygen atoms in total. The number of amides is 2. The van der Waals surface area contributed by atoms with Gasteiger partial charge in [-0.2, -0.15) is 0 Å². The predicted octanol–water partition coefficient (Wildman–Crippen LogP) is 4.34. The maximum Gasteiger partial charge on any atom is 0.273 e. The van der Waals surface area contributed by atoms with Crippen LogP contribution in [0.3, 0.4) is 0 Å². The first-order valence-corrected chi connectivity index (χ1v) is 11.4. The second-order valence-corrected chi connectivity index (χ2v) is 10.5. The molecular formula is C22H26N4O4S2. The molecule has 0 saturated carbocycles. The zero-order valence-electron chi connectivity index (χ0n) is 18.4. The van der Waals surface area contributed by atoms with E-state index < -0.39 is 16.7 Å². The lowest BCUT2D eigenvalue weighted by Gasteiger charge is -2.33. The van der Waals surface area contributed by atoms with Crippen LogP contribution in [0.15, 0.2) is 18.2 Å². The summed E-state index contributed by atoms with van der Waals surface area (Å²) >= 11 is 6.72. The number of carbonyl (C=O) groups excluding carboxylic acids is 2. The van der Waals surface area contributed by atoms with Gasteiger partial charge in [0, 0.05) is 22.1 Å². The van der Waals surface area contributed by atoms with Crippen molar-refractivity contribution in [3.8, 4) is 0 Å². The van der Waals surface area contributed by atoms with Crippen molar-refractivity contribution >= 4 is 51.2 Å². The molecule has 0 bridgehead atoms. The number of anilines is 1. The summed E-state index contributed by atoms with van der Waals surface area (Å²) in [6, 6.07) is 4.27. The predicted molar refractivity (Wildman–Crippen MR) is 129 cm³/mol. The maximum absolute atomic E-state index is 12.7. The SMILES string of the molecule is Cc1c(C(=O)NC(=S)Nc2sc3c(c2C(N)=O)CCC(C(C)(C)C)C3)cccc1[N+](=O)[O-]. The first-order chi connectivity index (χ1) is 14.9. The number of thiocarbonyl (C=S) groups is 1. The summed E-state index contributed by atoms with van der Waals surface area (Å²) in [6.07, 6.45) is 2.59. The summed E-state index contributed by atoms with van der Waals surface area (Å²) in [7, 11) is 0. The number of benzene rings is 1. The topological polar surface area (TPSA) is 127 Å². The van der Waals surface area contributed by atoms with Crippen LogP contribution in [0.25, 0.3) is 0 Å². The van der Waals surface area contributed by atoms with E-state index in [1.165, 1.54) is 36.5 Å². The summed E-state index contributed by atoms with van der Waals surface area (Å²) < 4.78 is 0. The summed E-state index contributed by atoms with van der Waals surface area (Å²) in [4.78, 5) is 36.6. The van der Waals surface area contributed by atoms with E-state index in [1.807, 2.05) is 0 Å². The number of nitrogens with zero attached hydrogens (tertiary/aromatic N) is 1. The lowest BCUT2D eigenvalue weighted by atomic mass is 9.72. The molecule has 0 saturated heterocycles. The minimum atomic E-state index is -0.571. The van der Waals surface area contributed by atoms with E-state index >= 15 is 0 Å². The number of hydrogen-bond acceptors (Lipinski definition) is 6. The summed E-state index contributed by atoms with van der Waals surface area (Å²) in [6.45, 7) is 8.15. The number of hydrogen-bond donors (Lipinski definition) is 3. The van der Waals surface area contributed by atoms with Crippen molar-refractivity contribution in [2.75, 3.05) is 5.32 Å². The first kappa shape index (κ1) is 23.8. The van der Waals surface area contributed by atoms with Gasteiger partial charge in [-0.15, -0.1) is 11.3 Å². The van der Waals surface area contributed by atoms with Gasteiger partial charge in [0.05, 0.1) is 10.5 Å². The summed E-state index contributed by atoms with van der Waals surface area (Å²) in [5.74, 6) is -0.618. The maximum atomic E-state index is 12.7. The third kappa shape index (κ3) is 4.81. The molecule has 1 aliphatic carbocycles. The zero-order valence-corrected chi connectivity index (χ0v) is 20.0. The van der Waals surface area contributed by atoms with Gasteiger partial charge in [0.1, 0.15) is 5.00 Å². The average molecular weight is 475 g/mol. The van der Waals surface area contributed by atoms with Gasteiger partial charge < -0.3 is 11.1 Å². The molecule has 1 heterocycles. The number of nitrogens with two attached hydrogens (primary N) is 1. The Balaban J connectivity index is 1.81. The molecule has 0 spiro atoms. The highest BCUT2D eigenvalue weighted by Crippen LogP contribution is 2.44. The van der Waals surface area contributed by atoms with Gasteiger partial charge in [-0.3, -0.25) is 25.0 Å². The normalized spacial score (nSPS) is 15.6. The number of nitro groups is 1. The highest BCUT2D eigenvalue weighted by Gasteiger charge is 2.33. The molecule has 1 aromatic carbocycles. The number of nitro benzene ring substituents is 1. The smallest absolute Gasteiger partial charge is 0.273 e. The Morgan fingerprint density at radius 2 is 2.00 bits per heavy atom. The molecule has 10 heteroatoms. The Bertz CT molecular complexity index is 1120. The van der Waals surface area contributed by atoms with Crippen LogP contribution in [-0.2, 0) is 12.8 Å². The quantitative estimate of drug-likeness (QED) is 0.344. The van der Waals surface area contributed by atoms with Crippen molar-refractivity contribution < 1.29 is 14.5 Å². The van der Waals surface area contributed by atoms with Crippen LogP contribution in [0, 0.1) is 28.4 Å². The Kier molecular flexibility index (Phi) is 6.66. The van der Waals surface area contributed by atoms with E-state index in [1.54, 1.807) is 0 Å². The van der Waals surface area contributed by atoms with Crippen LogP contribution in [0.2, 0.25) is 0 Å². The van der Waals surface area contributed by atoms with E-state index in [0.717, 1.165) is 29.7 Å². The van der Waals surface area contributed by atoms with E-state index in [4.69, 9.17) is 18.0 Å². The second-order valence-electron chi connectivity index (χ2n) is 8.99. The van der Waals surface area contributed by atoms with E-state index in [0.29, 0.717) is 16.5 Å². The number of primary amides is 1. The lowest BCUT2D eigenvalue weighted by Crippen LogP contribution is -2.35. The van der Waals surface area contributed by atoms with Gasteiger partial charge in [0.25, 0.3) is 17.5 Å². The minimum absolute atomic E-state index is 0.00521. The molecule has 0 fully saturated rings. The Labute approximate surface area is 195 Å². The van der Waals surface area contributed by atoms with Gasteiger partial charge in [-0.25, -0.2) is 0 Å².